The number of aromatic nitrogens is 1. The maximum absolute atomic E-state index is 12.2. The molecule has 118 valence electrons. The molecule has 0 radical (unpaired) electrons. The van der Waals surface area contributed by atoms with Gasteiger partial charge in [0.1, 0.15) is 11.1 Å². The normalized spacial score (nSPS) is 13.3. The third-order valence-electron chi connectivity index (χ3n) is 3.35. The molecule has 1 aromatic heterocycles. The maximum Gasteiger partial charge on any atom is 0.266 e. The highest BCUT2D eigenvalue weighted by Gasteiger charge is 2.28. The number of pyridine rings is 1. The first-order chi connectivity index (χ1) is 11.0. The molecule has 0 aliphatic carbocycles. The van der Waals surface area contributed by atoms with Crippen LogP contribution in [-0.4, -0.2) is 29.9 Å². The van der Waals surface area contributed by atoms with Crippen molar-refractivity contribution in [1.29, 1.82) is 0 Å². The molecule has 0 atom stereocenters. The van der Waals surface area contributed by atoms with Gasteiger partial charge in [0.05, 0.1) is 0 Å². The van der Waals surface area contributed by atoms with E-state index in [1.807, 2.05) is 31.2 Å². The molecule has 2 heterocycles. The number of halogens is 1. The molecule has 7 heteroatoms. The first kappa shape index (κ1) is 15.5. The summed E-state index contributed by atoms with van der Waals surface area (Å²) in [6.07, 6.45) is 0. The van der Waals surface area contributed by atoms with E-state index in [4.69, 9.17) is 4.74 Å². The Bertz CT molecular complexity index is 762. The fourth-order valence-electron chi connectivity index (χ4n) is 2.20. The number of hydrogen-bond acceptors (Lipinski definition) is 4. The smallest absolute Gasteiger partial charge is 0.266 e. The van der Waals surface area contributed by atoms with Crippen molar-refractivity contribution in [2.24, 2.45) is 0 Å². The lowest BCUT2D eigenvalue weighted by Crippen LogP contribution is -2.44. The molecular weight excluding hydrogens is 362 g/mol. The van der Waals surface area contributed by atoms with Crippen LogP contribution in [0.2, 0.25) is 0 Å². The van der Waals surface area contributed by atoms with Crippen molar-refractivity contribution in [1.82, 2.24) is 4.98 Å². The molecule has 1 aliphatic heterocycles. The van der Waals surface area contributed by atoms with Crippen LogP contribution in [0.3, 0.4) is 0 Å². The monoisotopic (exact) mass is 375 g/mol. The van der Waals surface area contributed by atoms with E-state index in [0.717, 1.165) is 5.56 Å². The van der Waals surface area contributed by atoms with Crippen LogP contribution in [0.4, 0.5) is 11.5 Å². The number of anilines is 2. The van der Waals surface area contributed by atoms with Gasteiger partial charge in [-0.25, -0.2) is 4.98 Å². The molecule has 0 saturated heterocycles. The molecule has 2 aromatic rings. The van der Waals surface area contributed by atoms with Gasteiger partial charge in [-0.05, 0) is 47.1 Å². The van der Waals surface area contributed by atoms with Gasteiger partial charge in [-0.2, -0.15) is 0 Å². The Kier molecular flexibility index (Phi) is 4.29. The van der Waals surface area contributed by atoms with Gasteiger partial charge in [0.15, 0.2) is 18.2 Å². The number of nitrogens with one attached hydrogen (secondary N) is 1. The molecule has 0 spiro atoms. The quantitative estimate of drug-likeness (QED) is 0.836. The predicted octanol–water partition coefficient (Wildman–Crippen LogP) is 2.52. The van der Waals surface area contributed by atoms with Crippen molar-refractivity contribution in [3.63, 3.8) is 0 Å². The first-order valence-corrected chi connectivity index (χ1v) is 7.78. The number of carbonyl (C=O) groups is 2. The van der Waals surface area contributed by atoms with Crippen LogP contribution in [0.15, 0.2) is 41.0 Å². The highest BCUT2D eigenvalue weighted by atomic mass is 79.9. The summed E-state index contributed by atoms with van der Waals surface area (Å²) in [5, 5.41) is 2.77. The molecule has 0 unspecified atom stereocenters. The molecule has 6 nitrogen and oxygen atoms in total. The Balaban J connectivity index is 1.76. The number of amides is 2. The van der Waals surface area contributed by atoms with E-state index >= 15 is 0 Å². The van der Waals surface area contributed by atoms with Crippen LogP contribution < -0.4 is 15.0 Å². The zero-order valence-corrected chi connectivity index (χ0v) is 14.0. The maximum atomic E-state index is 12.2. The average Bonchev–Trinajstić information content (AvgIpc) is 2.52. The Hall–Kier alpha value is -2.41. The zero-order chi connectivity index (χ0) is 16.4. The van der Waals surface area contributed by atoms with Gasteiger partial charge in [0, 0.05) is 5.69 Å². The highest BCUT2D eigenvalue weighted by molar-refractivity contribution is 9.10. The van der Waals surface area contributed by atoms with Gasteiger partial charge in [0.2, 0.25) is 5.91 Å². The zero-order valence-electron chi connectivity index (χ0n) is 12.4. The van der Waals surface area contributed by atoms with Gasteiger partial charge in [0.25, 0.3) is 5.91 Å². The summed E-state index contributed by atoms with van der Waals surface area (Å²) < 4.78 is 5.90. The van der Waals surface area contributed by atoms with Crippen molar-refractivity contribution in [2.45, 2.75) is 6.92 Å². The van der Waals surface area contributed by atoms with Crippen LogP contribution >= 0.6 is 15.9 Å². The number of nitrogens with zero attached hydrogens (tertiary/aromatic N) is 2. The van der Waals surface area contributed by atoms with Crippen LogP contribution in [0, 0.1) is 6.92 Å². The molecule has 0 saturated carbocycles. The summed E-state index contributed by atoms with van der Waals surface area (Å²) in [5.41, 5.74) is 1.79. The van der Waals surface area contributed by atoms with Crippen LogP contribution in [0.1, 0.15) is 5.56 Å². The number of fused-ring (bicyclic) bond motifs is 1. The number of rotatable bonds is 3. The fourth-order valence-corrected chi connectivity index (χ4v) is 2.50. The van der Waals surface area contributed by atoms with Crippen LogP contribution in [-0.2, 0) is 9.59 Å². The minimum atomic E-state index is -0.304. The van der Waals surface area contributed by atoms with E-state index in [9.17, 15) is 9.59 Å². The lowest BCUT2D eigenvalue weighted by molar-refractivity contribution is -0.123. The lowest BCUT2D eigenvalue weighted by Gasteiger charge is -2.27. The van der Waals surface area contributed by atoms with Crippen molar-refractivity contribution < 1.29 is 14.3 Å². The van der Waals surface area contributed by atoms with Crippen molar-refractivity contribution >= 4 is 39.2 Å². The number of hydrogen-bond donors (Lipinski definition) is 1. The molecule has 23 heavy (non-hydrogen) atoms. The highest BCUT2D eigenvalue weighted by Crippen LogP contribution is 2.31. The molecule has 0 fully saturated rings. The number of benzene rings is 1. The van der Waals surface area contributed by atoms with Gasteiger partial charge in [-0.3, -0.25) is 14.5 Å². The van der Waals surface area contributed by atoms with Crippen molar-refractivity contribution in [3.8, 4) is 5.75 Å². The SMILES string of the molecule is Cc1ccc(NC(=O)CN2C(=O)COc3ccc(Br)nc32)cc1. The second-order valence-corrected chi connectivity index (χ2v) is 5.95. The van der Waals surface area contributed by atoms with E-state index in [0.29, 0.717) is 21.9 Å². The molecular formula is C16H14BrN3O3. The summed E-state index contributed by atoms with van der Waals surface area (Å²) in [6.45, 7) is 1.75. The third-order valence-corrected chi connectivity index (χ3v) is 3.79. The lowest BCUT2D eigenvalue weighted by atomic mass is 10.2. The molecule has 1 N–H and O–H groups in total. The van der Waals surface area contributed by atoms with Gasteiger partial charge < -0.3 is 10.1 Å². The van der Waals surface area contributed by atoms with Crippen molar-refractivity contribution in [3.05, 3.63) is 46.6 Å². The summed E-state index contributed by atoms with van der Waals surface area (Å²) in [6, 6.07) is 10.9. The molecule has 0 bridgehead atoms. The summed E-state index contributed by atoms with van der Waals surface area (Å²) >= 11 is 3.26. The average molecular weight is 376 g/mol. The predicted molar refractivity (Wildman–Crippen MR) is 89.6 cm³/mol. The Morgan fingerprint density at radius 2 is 2.04 bits per heavy atom. The third kappa shape index (κ3) is 3.50. The molecule has 1 aliphatic rings. The van der Waals surface area contributed by atoms with E-state index < -0.39 is 0 Å². The number of aryl methyl sites for hydroxylation is 1. The summed E-state index contributed by atoms with van der Waals surface area (Å²) in [5.74, 6) is 0.226. The largest absolute Gasteiger partial charge is 0.480 e. The standard InChI is InChI=1S/C16H14BrN3O3/c1-10-2-4-11(5-3-10)18-14(21)8-20-15(22)9-23-12-6-7-13(17)19-16(12)20/h2-7H,8-9H2,1H3,(H,18,21). The molecule has 1 aromatic carbocycles. The summed E-state index contributed by atoms with van der Waals surface area (Å²) in [7, 11) is 0. The molecule has 2 amide bonds. The first-order valence-electron chi connectivity index (χ1n) is 6.99. The number of carbonyl (C=O) groups excluding carboxylic acids is 2. The van der Waals surface area contributed by atoms with Gasteiger partial charge >= 0.3 is 0 Å². The second-order valence-electron chi connectivity index (χ2n) is 5.14. The fraction of sp³-hybridized carbons (Fsp3) is 0.188. The van der Waals surface area contributed by atoms with E-state index in [-0.39, 0.29) is 25.0 Å². The topological polar surface area (TPSA) is 71.5 Å². The van der Waals surface area contributed by atoms with E-state index in [2.05, 4.69) is 26.2 Å². The van der Waals surface area contributed by atoms with Gasteiger partial charge in [-0.1, -0.05) is 17.7 Å². The van der Waals surface area contributed by atoms with Gasteiger partial charge in [-0.15, -0.1) is 0 Å². The summed E-state index contributed by atoms with van der Waals surface area (Å²) in [4.78, 5) is 29.8. The van der Waals surface area contributed by atoms with E-state index in [1.165, 1.54) is 4.90 Å². The van der Waals surface area contributed by atoms with E-state index in [1.54, 1.807) is 12.1 Å². The van der Waals surface area contributed by atoms with Crippen LogP contribution in [0.25, 0.3) is 0 Å². The molecule has 3 rings (SSSR count). The Labute approximate surface area is 141 Å². The van der Waals surface area contributed by atoms with Crippen LogP contribution in [0.5, 0.6) is 5.75 Å². The number of ether oxygens (including phenoxy) is 1. The van der Waals surface area contributed by atoms with Crippen molar-refractivity contribution in [2.75, 3.05) is 23.4 Å². The second kappa shape index (κ2) is 6.37. The Morgan fingerprint density at radius 3 is 2.78 bits per heavy atom. The minimum absolute atomic E-state index is 0.103. The Morgan fingerprint density at radius 1 is 1.30 bits per heavy atom. The minimum Gasteiger partial charge on any atom is -0.480 e.